The largest absolute Gasteiger partial charge is 0.459 e. The van der Waals surface area contributed by atoms with Gasteiger partial charge in [0.2, 0.25) is 6.29 Å². The van der Waals surface area contributed by atoms with Crippen molar-refractivity contribution >= 4 is 5.91 Å². The van der Waals surface area contributed by atoms with Crippen LogP contribution in [-0.4, -0.2) is 37.1 Å². The van der Waals surface area contributed by atoms with E-state index in [2.05, 4.69) is 11.2 Å². The normalized spacial score (nSPS) is 25.3. The summed E-state index contributed by atoms with van der Waals surface area (Å²) in [6, 6.07) is 0. The highest BCUT2D eigenvalue weighted by Gasteiger charge is 2.34. The number of amides is 1. The lowest BCUT2D eigenvalue weighted by Gasteiger charge is -2.35. The van der Waals surface area contributed by atoms with E-state index in [-0.39, 0.29) is 36.7 Å². The van der Waals surface area contributed by atoms with Crippen molar-refractivity contribution in [3.8, 4) is 12.3 Å². The van der Waals surface area contributed by atoms with Crippen LogP contribution in [0.4, 0.5) is 0 Å². The molecule has 1 rings (SSSR count). The number of aliphatic hydroxyl groups excluding tert-OH is 1. The lowest BCUT2D eigenvalue weighted by molar-refractivity contribution is -0.170. The maximum absolute atomic E-state index is 11.9. The summed E-state index contributed by atoms with van der Waals surface area (Å²) < 4.78 is 11.2. The monoisotopic (exact) mass is 281 g/mol. The van der Waals surface area contributed by atoms with Crippen molar-refractivity contribution in [2.45, 2.75) is 33.0 Å². The third-order valence-electron chi connectivity index (χ3n) is 3.28. The van der Waals surface area contributed by atoms with Gasteiger partial charge in [-0.1, -0.05) is 12.8 Å². The van der Waals surface area contributed by atoms with Gasteiger partial charge in [-0.25, -0.2) is 0 Å². The summed E-state index contributed by atoms with van der Waals surface area (Å²) in [7, 11) is 0. The summed E-state index contributed by atoms with van der Waals surface area (Å²) in [5, 5.41) is 11.5. The Balaban J connectivity index is 2.76. The number of carbonyl (C=O) groups is 1. The zero-order valence-electron chi connectivity index (χ0n) is 12.1. The topological polar surface area (TPSA) is 67.8 Å². The first-order valence-electron chi connectivity index (χ1n) is 6.96. The van der Waals surface area contributed by atoms with Crippen LogP contribution >= 0.6 is 0 Å². The molecule has 3 atom stereocenters. The summed E-state index contributed by atoms with van der Waals surface area (Å²) in [5.74, 6) is 2.55. The number of aliphatic hydroxyl groups is 1. The van der Waals surface area contributed by atoms with Gasteiger partial charge in [0.25, 0.3) is 5.91 Å². The molecule has 0 bridgehead atoms. The lowest BCUT2D eigenvalue weighted by Crippen LogP contribution is -2.39. The van der Waals surface area contributed by atoms with Crippen LogP contribution in [0.2, 0.25) is 0 Å². The van der Waals surface area contributed by atoms with E-state index in [4.69, 9.17) is 21.0 Å². The predicted molar refractivity (Wildman–Crippen MR) is 75.4 cm³/mol. The minimum atomic E-state index is -0.460. The highest BCUT2D eigenvalue weighted by molar-refractivity contribution is 5.91. The molecule has 0 spiro atoms. The molecule has 0 fully saturated rings. The SMILES string of the molecule is C#CCNC(=O)C1=C[C@@H](C)[C@H](CCCO)[C@@H](OCC)O1. The smallest absolute Gasteiger partial charge is 0.286 e. The van der Waals surface area contributed by atoms with Gasteiger partial charge in [0.05, 0.1) is 6.54 Å². The fraction of sp³-hybridized carbons (Fsp3) is 0.667. The molecular formula is C15H23NO4. The van der Waals surface area contributed by atoms with Gasteiger partial charge in [0.15, 0.2) is 5.76 Å². The van der Waals surface area contributed by atoms with E-state index in [1.54, 1.807) is 6.08 Å². The second-order valence-corrected chi connectivity index (χ2v) is 4.75. The van der Waals surface area contributed by atoms with E-state index in [1.165, 1.54) is 0 Å². The number of nitrogens with one attached hydrogen (secondary N) is 1. The molecule has 5 heteroatoms. The van der Waals surface area contributed by atoms with Gasteiger partial charge in [-0.3, -0.25) is 4.79 Å². The fourth-order valence-corrected chi connectivity index (χ4v) is 2.26. The van der Waals surface area contributed by atoms with Crippen molar-refractivity contribution < 1.29 is 19.4 Å². The molecule has 1 amide bonds. The first kappa shape index (κ1) is 16.5. The van der Waals surface area contributed by atoms with Crippen LogP contribution in [0.3, 0.4) is 0 Å². The summed E-state index contributed by atoms with van der Waals surface area (Å²) >= 11 is 0. The maximum Gasteiger partial charge on any atom is 0.286 e. The minimum Gasteiger partial charge on any atom is -0.459 e. The third-order valence-corrected chi connectivity index (χ3v) is 3.28. The Bertz CT molecular complexity index is 386. The summed E-state index contributed by atoms with van der Waals surface area (Å²) in [6.07, 6.45) is 7.93. The van der Waals surface area contributed by atoms with Gasteiger partial charge in [-0.05, 0) is 31.8 Å². The van der Waals surface area contributed by atoms with E-state index < -0.39 is 6.29 Å². The highest BCUT2D eigenvalue weighted by Crippen LogP contribution is 2.32. The second kappa shape index (κ2) is 8.62. The zero-order chi connectivity index (χ0) is 15.0. The number of terminal acetylenes is 1. The van der Waals surface area contributed by atoms with Crippen LogP contribution in [0.1, 0.15) is 26.7 Å². The number of hydrogen-bond donors (Lipinski definition) is 2. The Labute approximate surface area is 120 Å². The quantitative estimate of drug-likeness (QED) is 0.684. The van der Waals surface area contributed by atoms with Crippen molar-refractivity contribution in [2.24, 2.45) is 11.8 Å². The highest BCUT2D eigenvalue weighted by atomic mass is 16.7. The van der Waals surface area contributed by atoms with Crippen molar-refractivity contribution in [3.63, 3.8) is 0 Å². The molecule has 1 heterocycles. The van der Waals surface area contributed by atoms with Crippen molar-refractivity contribution in [2.75, 3.05) is 19.8 Å². The second-order valence-electron chi connectivity index (χ2n) is 4.75. The van der Waals surface area contributed by atoms with Crippen LogP contribution < -0.4 is 5.32 Å². The Morgan fingerprint density at radius 1 is 1.65 bits per heavy atom. The molecule has 0 aromatic rings. The molecule has 20 heavy (non-hydrogen) atoms. The average Bonchev–Trinajstić information content (AvgIpc) is 2.44. The molecule has 1 aliphatic heterocycles. The molecule has 5 nitrogen and oxygen atoms in total. The molecule has 0 radical (unpaired) electrons. The van der Waals surface area contributed by atoms with Gasteiger partial charge in [-0.15, -0.1) is 6.42 Å². The number of rotatable bonds is 7. The van der Waals surface area contributed by atoms with Crippen LogP contribution in [0, 0.1) is 24.2 Å². The fourth-order valence-electron chi connectivity index (χ4n) is 2.26. The Hall–Kier alpha value is -1.51. The summed E-state index contributed by atoms with van der Waals surface area (Å²) in [6.45, 7) is 4.72. The van der Waals surface area contributed by atoms with Gasteiger partial charge < -0.3 is 19.9 Å². The van der Waals surface area contributed by atoms with Crippen molar-refractivity contribution in [3.05, 3.63) is 11.8 Å². The van der Waals surface area contributed by atoms with Crippen LogP contribution in [0.5, 0.6) is 0 Å². The number of ether oxygens (including phenoxy) is 2. The summed E-state index contributed by atoms with van der Waals surface area (Å²) in [4.78, 5) is 11.9. The van der Waals surface area contributed by atoms with E-state index in [0.29, 0.717) is 13.0 Å². The predicted octanol–water partition coefficient (Wildman–Crippen LogP) is 1.04. The van der Waals surface area contributed by atoms with Gasteiger partial charge >= 0.3 is 0 Å². The standard InChI is InChI=1S/C15H23NO4/c1-4-8-16-14(18)13-10-11(3)12(7-6-9-17)15(20-13)19-5-2/h1,10-12,15,17H,5-9H2,2-3H3,(H,16,18)/t11-,12+,15+/m1/s1. The van der Waals surface area contributed by atoms with E-state index >= 15 is 0 Å². The number of carbonyl (C=O) groups excluding carboxylic acids is 1. The third kappa shape index (κ3) is 4.55. The Morgan fingerprint density at radius 3 is 3.00 bits per heavy atom. The van der Waals surface area contributed by atoms with Gasteiger partial charge in [-0.2, -0.15) is 0 Å². The molecule has 0 unspecified atom stereocenters. The molecule has 0 aliphatic carbocycles. The first-order chi connectivity index (χ1) is 9.63. The molecule has 0 aromatic carbocycles. The average molecular weight is 281 g/mol. The molecule has 0 aromatic heterocycles. The minimum absolute atomic E-state index is 0.131. The summed E-state index contributed by atoms with van der Waals surface area (Å²) in [5.41, 5.74) is 0. The number of allylic oxidation sites excluding steroid dienone is 1. The first-order valence-corrected chi connectivity index (χ1v) is 6.96. The van der Waals surface area contributed by atoms with Crippen LogP contribution in [0.25, 0.3) is 0 Å². The van der Waals surface area contributed by atoms with E-state index in [0.717, 1.165) is 6.42 Å². The zero-order valence-corrected chi connectivity index (χ0v) is 12.1. The molecule has 0 saturated heterocycles. The number of hydrogen-bond acceptors (Lipinski definition) is 4. The van der Waals surface area contributed by atoms with E-state index in [1.807, 2.05) is 13.8 Å². The maximum atomic E-state index is 11.9. The molecule has 112 valence electrons. The Morgan fingerprint density at radius 2 is 2.40 bits per heavy atom. The van der Waals surface area contributed by atoms with Crippen molar-refractivity contribution in [1.82, 2.24) is 5.32 Å². The molecule has 2 N–H and O–H groups in total. The van der Waals surface area contributed by atoms with E-state index in [9.17, 15) is 4.79 Å². The molecular weight excluding hydrogens is 258 g/mol. The van der Waals surface area contributed by atoms with Crippen LogP contribution in [-0.2, 0) is 14.3 Å². The van der Waals surface area contributed by atoms with Crippen LogP contribution in [0.15, 0.2) is 11.8 Å². The van der Waals surface area contributed by atoms with Gasteiger partial charge in [0, 0.05) is 19.1 Å². The lowest BCUT2D eigenvalue weighted by atomic mass is 9.87. The Kier molecular flexibility index (Phi) is 7.13. The van der Waals surface area contributed by atoms with Crippen molar-refractivity contribution in [1.29, 1.82) is 0 Å². The van der Waals surface area contributed by atoms with Gasteiger partial charge in [0.1, 0.15) is 0 Å². The molecule has 0 saturated carbocycles. The molecule has 1 aliphatic rings.